The van der Waals surface area contributed by atoms with Crippen molar-refractivity contribution in [2.24, 2.45) is 4.99 Å². The number of rotatable bonds is 15. The Morgan fingerprint density at radius 3 is 2.21 bits per heavy atom. The molecule has 0 bridgehead atoms. The maximum Gasteiger partial charge on any atom is 0.277 e. The van der Waals surface area contributed by atoms with Gasteiger partial charge in [0.2, 0.25) is 0 Å². The van der Waals surface area contributed by atoms with Crippen LogP contribution in [0.5, 0.6) is 5.75 Å². The van der Waals surface area contributed by atoms with Gasteiger partial charge in [-0.2, -0.15) is 8.42 Å². The van der Waals surface area contributed by atoms with E-state index < -0.39 is 21.8 Å². The molecule has 0 fully saturated rings. The van der Waals surface area contributed by atoms with Gasteiger partial charge in [0, 0.05) is 13.1 Å². The molecular weight excluding hydrogens is 454 g/mol. The third-order valence-electron chi connectivity index (χ3n) is 5.47. The second-order valence-corrected chi connectivity index (χ2v) is 10.9. The molecule has 2 rings (SSSR count). The molecule has 194 valence electrons. The van der Waals surface area contributed by atoms with Crippen molar-refractivity contribution >= 4 is 16.1 Å². The van der Waals surface area contributed by atoms with Crippen LogP contribution in [-0.4, -0.2) is 45.9 Å². The second-order valence-electron chi connectivity index (χ2n) is 9.34. The van der Waals surface area contributed by atoms with Gasteiger partial charge >= 0.3 is 0 Å². The number of nitrogens with zero attached hydrogens (tertiary/aromatic N) is 1. The predicted octanol–water partition coefficient (Wildman–Crippen LogP) is 3.39. The summed E-state index contributed by atoms with van der Waals surface area (Å²) in [7, 11) is -2.19. The maximum atomic E-state index is 12.1. The van der Waals surface area contributed by atoms with E-state index in [-0.39, 0.29) is 0 Å². The molecule has 10 heteroatoms. The van der Waals surface area contributed by atoms with E-state index in [4.69, 9.17) is 8.92 Å². The molecule has 0 radical (unpaired) electrons. The highest BCUT2D eigenvalue weighted by molar-refractivity contribution is 7.86. The van der Waals surface area contributed by atoms with E-state index in [1.165, 1.54) is 38.5 Å². The van der Waals surface area contributed by atoms with E-state index >= 15 is 0 Å². The third kappa shape index (κ3) is 10.6. The molecule has 0 saturated heterocycles. The summed E-state index contributed by atoms with van der Waals surface area (Å²) in [6.45, 7) is 7.04. The first-order valence-corrected chi connectivity index (χ1v) is 14.1. The van der Waals surface area contributed by atoms with Crippen LogP contribution in [0.2, 0.25) is 0 Å². The van der Waals surface area contributed by atoms with Crippen molar-refractivity contribution in [2.45, 2.75) is 90.3 Å². The smallest absolute Gasteiger partial charge is 0.277 e. The van der Waals surface area contributed by atoms with Crippen LogP contribution in [0.15, 0.2) is 29.3 Å². The fraction of sp³-hybridized carbons (Fsp3) is 0.708. The van der Waals surface area contributed by atoms with Gasteiger partial charge in [-0.1, -0.05) is 64.0 Å². The van der Waals surface area contributed by atoms with Crippen LogP contribution >= 0.6 is 0 Å². The van der Waals surface area contributed by atoms with E-state index in [1.54, 1.807) is 7.11 Å². The highest BCUT2D eigenvalue weighted by Crippen LogP contribution is 2.19. The van der Waals surface area contributed by atoms with E-state index in [0.29, 0.717) is 12.5 Å². The quantitative estimate of drug-likeness (QED) is 0.166. The molecule has 1 aliphatic heterocycles. The highest BCUT2D eigenvalue weighted by atomic mass is 32.2. The molecule has 0 aromatic heterocycles. The maximum absolute atomic E-state index is 12.1. The number of guanidine groups is 1. The van der Waals surface area contributed by atoms with Crippen molar-refractivity contribution in [3.8, 4) is 5.75 Å². The summed E-state index contributed by atoms with van der Waals surface area (Å²) in [4.78, 5) is 4.64. The van der Waals surface area contributed by atoms with E-state index in [1.807, 2.05) is 38.1 Å². The number of hydrogen-bond donors (Lipinski definition) is 4. The van der Waals surface area contributed by atoms with Crippen LogP contribution in [0.1, 0.15) is 77.7 Å². The summed E-state index contributed by atoms with van der Waals surface area (Å²) >= 11 is 0. The number of ether oxygens (including phenoxy) is 1. The topological polar surface area (TPSA) is 113 Å². The molecule has 34 heavy (non-hydrogen) atoms. The summed E-state index contributed by atoms with van der Waals surface area (Å²) in [6, 6.07) is 7.52. The van der Waals surface area contributed by atoms with Gasteiger partial charge in [-0.15, -0.1) is 0 Å². The molecule has 1 aromatic carbocycles. The lowest BCUT2D eigenvalue weighted by Gasteiger charge is -2.44. The summed E-state index contributed by atoms with van der Waals surface area (Å²) in [5, 5.41) is 12.7. The monoisotopic (exact) mass is 497 g/mol. The molecule has 0 amide bonds. The number of unbranched alkanes of at least 4 members (excludes halogenated alkanes) is 7. The molecule has 1 aliphatic rings. The minimum atomic E-state index is -3.80. The summed E-state index contributed by atoms with van der Waals surface area (Å²) in [5.41, 5.74) is 0.166. The van der Waals surface area contributed by atoms with Gasteiger partial charge in [0.05, 0.1) is 13.4 Å². The van der Waals surface area contributed by atoms with Crippen LogP contribution in [-0.2, 0) is 20.8 Å². The molecule has 4 N–H and O–H groups in total. The van der Waals surface area contributed by atoms with Gasteiger partial charge in [-0.25, -0.2) is 14.5 Å². The number of benzene rings is 1. The summed E-state index contributed by atoms with van der Waals surface area (Å²) in [6.07, 6.45) is 10.9. The van der Waals surface area contributed by atoms with Crippen LogP contribution in [0, 0.1) is 0 Å². The van der Waals surface area contributed by atoms with Crippen molar-refractivity contribution in [1.82, 2.24) is 21.3 Å². The Labute approximate surface area is 205 Å². The predicted molar refractivity (Wildman–Crippen MR) is 137 cm³/mol. The Morgan fingerprint density at radius 1 is 1.00 bits per heavy atom. The molecule has 1 unspecified atom stereocenters. The van der Waals surface area contributed by atoms with Gasteiger partial charge < -0.3 is 15.4 Å². The normalized spacial score (nSPS) is 19.9. The fourth-order valence-corrected chi connectivity index (χ4v) is 4.47. The first-order chi connectivity index (χ1) is 16.1. The second kappa shape index (κ2) is 13.3. The van der Waals surface area contributed by atoms with E-state index in [2.05, 4.69) is 33.2 Å². The molecule has 0 aliphatic carbocycles. The SMILES string of the molecule is CCCCCCCCCCNC1=NC(C)(C)NC(NCc2ccc(OC)cc2)(OS(C)(=O)=O)N1. The van der Waals surface area contributed by atoms with Gasteiger partial charge in [-0.3, -0.25) is 5.32 Å². The molecule has 1 aromatic rings. The Kier molecular flexibility index (Phi) is 11.1. The van der Waals surface area contributed by atoms with Crippen LogP contribution in [0.3, 0.4) is 0 Å². The Bertz CT molecular complexity index is 874. The summed E-state index contributed by atoms with van der Waals surface area (Å²) in [5.74, 6) is -0.321. The van der Waals surface area contributed by atoms with Crippen molar-refractivity contribution in [2.75, 3.05) is 19.9 Å². The number of methoxy groups -OCH3 is 1. The van der Waals surface area contributed by atoms with Crippen molar-refractivity contribution in [3.05, 3.63) is 29.8 Å². The van der Waals surface area contributed by atoms with E-state index in [0.717, 1.165) is 37.0 Å². The van der Waals surface area contributed by atoms with E-state index in [9.17, 15) is 8.42 Å². The van der Waals surface area contributed by atoms with Crippen LogP contribution in [0.4, 0.5) is 0 Å². The fourth-order valence-electron chi connectivity index (χ4n) is 3.87. The van der Waals surface area contributed by atoms with Crippen LogP contribution in [0.25, 0.3) is 0 Å². The molecular formula is C24H43N5O4S. The van der Waals surface area contributed by atoms with Crippen molar-refractivity contribution < 1.29 is 17.3 Å². The lowest BCUT2D eigenvalue weighted by atomic mass is 10.1. The zero-order valence-electron chi connectivity index (χ0n) is 21.4. The van der Waals surface area contributed by atoms with Crippen LogP contribution < -0.4 is 26.0 Å². The Morgan fingerprint density at radius 2 is 1.62 bits per heavy atom. The Balaban J connectivity index is 1.97. The van der Waals surface area contributed by atoms with Gasteiger partial charge in [0.15, 0.2) is 5.96 Å². The Hall–Kier alpha value is -1.88. The summed E-state index contributed by atoms with van der Waals surface area (Å²) < 4.78 is 34.9. The highest BCUT2D eigenvalue weighted by Gasteiger charge is 2.44. The lowest BCUT2D eigenvalue weighted by Crippen LogP contribution is -2.77. The van der Waals surface area contributed by atoms with Gasteiger partial charge in [0.25, 0.3) is 16.1 Å². The zero-order chi connectivity index (χ0) is 25.1. The lowest BCUT2D eigenvalue weighted by molar-refractivity contribution is -0.0425. The average molecular weight is 498 g/mol. The minimum Gasteiger partial charge on any atom is -0.497 e. The number of aliphatic imine (C=N–C) groups is 1. The minimum absolute atomic E-state index is 0.348. The first-order valence-electron chi connectivity index (χ1n) is 12.3. The number of nitrogens with one attached hydrogen (secondary N) is 4. The van der Waals surface area contributed by atoms with Gasteiger partial charge in [0.1, 0.15) is 11.4 Å². The largest absolute Gasteiger partial charge is 0.497 e. The molecule has 0 spiro atoms. The zero-order valence-corrected chi connectivity index (χ0v) is 22.2. The molecule has 0 saturated carbocycles. The third-order valence-corrected chi connectivity index (χ3v) is 6.02. The molecule has 9 nitrogen and oxygen atoms in total. The molecule has 1 atom stereocenters. The number of hydrogen-bond acceptors (Lipinski definition) is 9. The first kappa shape index (κ1) is 28.4. The van der Waals surface area contributed by atoms with Crippen molar-refractivity contribution in [3.63, 3.8) is 0 Å². The molecule has 1 heterocycles. The van der Waals surface area contributed by atoms with Crippen molar-refractivity contribution in [1.29, 1.82) is 0 Å². The van der Waals surface area contributed by atoms with Gasteiger partial charge in [-0.05, 0) is 38.0 Å². The standard InChI is InChI=1S/C24H43N5O4S/c1-6-7-8-9-10-11-12-13-18-25-22-27-23(2,3)29-24(28-22,33-34(5,30)31)26-19-20-14-16-21(32-4)17-15-20/h14-17,26,29H,6-13,18-19H2,1-5H3,(H2,25,27,28). The average Bonchev–Trinajstić information content (AvgIpc) is 2.74.